The molecule has 0 radical (unpaired) electrons. The van der Waals surface area contributed by atoms with Gasteiger partial charge in [0.25, 0.3) is 15.9 Å². The van der Waals surface area contributed by atoms with Gasteiger partial charge in [0.15, 0.2) is 0 Å². The molecule has 4 aromatic rings. The molecule has 0 saturated heterocycles. The van der Waals surface area contributed by atoms with Gasteiger partial charge < -0.3 is 4.57 Å². The Morgan fingerprint density at radius 1 is 0.949 bits per heavy atom. The maximum atomic E-state index is 13.6. The first kappa shape index (κ1) is 28.4. The number of anilines is 1. The van der Waals surface area contributed by atoms with E-state index in [0.29, 0.717) is 15.7 Å². The van der Waals surface area contributed by atoms with E-state index >= 15 is 0 Å². The highest BCUT2D eigenvalue weighted by Crippen LogP contribution is 2.28. The van der Waals surface area contributed by atoms with Gasteiger partial charge in [-0.25, -0.2) is 13.8 Å². The second-order valence-corrected chi connectivity index (χ2v) is 11.9. The van der Waals surface area contributed by atoms with Crippen LogP contribution in [-0.2, 0) is 14.8 Å². The van der Waals surface area contributed by atoms with Crippen LogP contribution in [-0.4, -0.2) is 31.7 Å². The molecule has 4 rings (SSSR count). The van der Waals surface area contributed by atoms with Crippen LogP contribution in [0.5, 0.6) is 0 Å². The molecule has 202 valence electrons. The number of carbonyl (C=O) groups is 1. The summed E-state index contributed by atoms with van der Waals surface area (Å²) in [4.78, 5) is 13.1. The minimum Gasteiger partial charge on any atom is -0.318 e. The van der Waals surface area contributed by atoms with E-state index in [2.05, 4.69) is 10.5 Å². The molecule has 0 unspecified atom stereocenters. The second kappa shape index (κ2) is 11.7. The zero-order valence-electron chi connectivity index (χ0n) is 21.9. The van der Waals surface area contributed by atoms with Crippen molar-refractivity contribution in [1.29, 1.82) is 0 Å². The predicted molar refractivity (Wildman–Crippen MR) is 158 cm³/mol. The largest absolute Gasteiger partial charge is 0.318 e. The first-order chi connectivity index (χ1) is 18.5. The lowest BCUT2D eigenvalue weighted by atomic mass is 10.1. The normalized spacial score (nSPS) is 11.6. The van der Waals surface area contributed by atoms with Gasteiger partial charge in [0, 0.05) is 32.7 Å². The molecule has 3 aromatic carbocycles. The number of hydrogen-bond acceptors (Lipinski definition) is 4. The molecule has 1 aromatic heterocycles. The van der Waals surface area contributed by atoms with Crippen LogP contribution in [0.15, 0.2) is 82.8 Å². The molecule has 0 aliphatic heterocycles. The fraction of sp³-hybridized carbons (Fsp3) is 0.172. The third-order valence-corrected chi connectivity index (χ3v) is 8.43. The van der Waals surface area contributed by atoms with Gasteiger partial charge >= 0.3 is 0 Å². The molecule has 0 fully saturated rings. The van der Waals surface area contributed by atoms with E-state index < -0.39 is 22.5 Å². The SMILES string of the molecule is Cc1ccc(C)c(N(CC(=O)N/N=C\c2cc(C)n(-c3cc(Cl)cc(Cl)c3)c2C)S(=O)(=O)c2ccccc2)c1. The van der Waals surface area contributed by atoms with Crippen LogP contribution in [0.3, 0.4) is 0 Å². The van der Waals surface area contributed by atoms with Crippen molar-refractivity contribution in [1.82, 2.24) is 9.99 Å². The summed E-state index contributed by atoms with van der Waals surface area (Å²) >= 11 is 12.4. The topological polar surface area (TPSA) is 83.8 Å². The molecule has 0 aliphatic carbocycles. The molecule has 1 amide bonds. The molecular formula is C29H28Cl2N4O3S. The zero-order chi connectivity index (χ0) is 28.3. The lowest BCUT2D eigenvalue weighted by Crippen LogP contribution is -2.40. The summed E-state index contributed by atoms with van der Waals surface area (Å²) in [6, 6.07) is 20.7. The third kappa shape index (κ3) is 6.36. The number of nitrogens with zero attached hydrogens (tertiary/aromatic N) is 3. The highest BCUT2D eigenvalue weighted by atomic mass is 35.5. The number of aromatic nitrogens is 1. The van der Waals surface area contributed by atoms with E-state index in [9.17, 15) is 13.2 Å². The number of hydrazone groups is 1. The Morgan fingerprint density at radius 3 is 2.28 bits per heavy atom. The molecule has 0 bridgehead atoms. The maximum absolute atomic E-state index is 13.6. The molecule has 0 saturated carbocycles. The predicted octanol–water partition coefficient (Wildman–Crippen LogP) is 6.36. The summed E-state index contributed by atoms with van der Waals surface area (Å²) in [6.07, 6.45) is 1.52. The number of carbonyl (C=O) groups excluding carboxylic acids is 1. The molecule has 7 nitrogen and oxygen atoms in total. The summed E-state index contributed by atoms with van der Waals surface area (Å²) in [5, 5.41) is 5.16. The van der Waals surface area contributed by atoms with E-state index in [1.165, 1.54) is 18.3 Å². The van der Waals surface area contributed by atoms with Crippen molar-refractivity contribution in [2.24, 2.45) is 5.10 Å². The molecule has 0 aliphatic rings. The average molecular weight is 584 g/mol. The van der Waals surface area contributed by atoms with Crippen molar-refractivity contribution in [2.45, 2.75) is 32.6 Å². The number of nitrogens with one attached hydrogen (secondary N) is 1. The van der Waals surface area contributed by atoms with E-state index in [0.717, 1.165) is 38.1 Å². The van der Waals surface area contributed by atoms with Crippen LogP contribution >= 0.6 is 23.2 Å². The maximum Gasteiger partial charge on any atom is 0.264 e. The summed E-state index contributed by atoms with van der Waals surface area (Å²) in [5.41, 5.74) is 7.88. The van der Waals surface area contributed by atoms with Gasteiger partial charge in [-0.3, -0.25) is 9.10 Å². The lowest BCUT2D eigenvalue weighted by molar-refractivity contribution is -0.119. The summed E-state index contributed by atoms with van der Waals surface area (Å²) < 4.78 is 30.3. The number of sulfonamides is 1. The lowest BCUT2D eigenvalue weighted by Gasteiger charge is -2.25. The van der Waals surface area contributed by atoms with Crippen molar-refractivity contribution in [3.63, 3.8) is 0 Å². The van der Waals surface area contributed by atoms with E-state index in [1.54, 1.807) is 37.3 Å². The quantitative estimate of drug-likeness (QED) is 0.194. The van der Waals surface area contributed by atoms with Gasteiger partial charge in [-0.15, -0.1) is 0 Å². The number of halogens is 2. The van der Waals surface area contributed by atoms with Crippen LogP contribution < -0.4 is 9.73 Å². The van der Waals surface area contributed by atoms with Crippen LogP contribution in [0.1, 0.15) is 28.1 Å². The number of rotatable bonds is 8. The van der Waals surface area contributed by atoms with Gasteiger partial charge in [0.05, 0.1) is 16.8 Å². The van der Waals surface area contributed by atoms with Gasteiger partial charge in [-0.05, 0) is 81.3 Å². The minimum atomic E-state index is -4.02. The first-order valence-corrected chi connectivity index (χ1v) is 14.3. The molecule has 0 atom stereocenters. The van der Waals surface area contributed by atoms with Gasteiger partial charge in [-0.2, -0.15) is 5.10 Å². The molecule has 10 heteroatoms. The van der Waals surface area contributed by atoms with Crippen molar-refractivity contribution in [3.8, 4) is 5.69 Å². The van der Waals surface area contributed by atoms with Crippen molar-refractivity contribution < 1.29 is 13.2 Å². The average Bonchev–Trinajstić information content (AvgIpc) is 3.16. The van der Waals surface area contributed by atoms with Gasteiger partial charge in [0.1, 0.15) is 6.54 Å². The van der Waals surface area contributed by atoms with E-state index in [4.69, 9.17) is 23.2 Å². The molecule has 0 spiro atoms. The Hall–Kier alpha value is -3.59. The number of amides is 1. The van der Waals surface area contributed by atoms with Crippen molar-refractivity contribution in [2.75, 3.05) is 10.8 Å². The van der Waals surface area contributed by atoms with Crippen molar-refractivity contribution in [3.05, 3.63) is 111 Å². The van der Waals surface area contributed by atoms with Crippen LogP contribution in [0.4, 0.5) is 5.69 Å². The highest BCUT2D eigenvalue weighted by molar-refractivity contribution is 7.92. The molecule has 1 heterocycles. The summed E-state index contributed by atoms with van der Waals surface area (Å²) in [6.45, 7) is 7.09. The number of hydrogen-bond donors (Lipinski definition) is 1. The Labute approximate surface area is 238 Å². The molecule has 39 heavy (non-hydrogen) atoms. The van der Waals surface area contributed by atoms with Crippen LogP contribution in [0.2, 0.25) is 10.0 Å². The van der Waals surface area contributed by atoms with Crippen LogP contribution in [0, 0.1) is 27.7 Å². The third-order valence-electron chi connectivity index (χ3n) is 6.22. The van der Waals surface area contributed by atoms with Crippen molar-refractivity contribution >= 4 is 51.0 Å². The van der Waals surface area contributed by atoms with Gasteiger partial charge in [0.2, 0.25) is 0 Å². The Morgan fingerprint density at radius 2 is 1.62 bits per heavy atom. The standard InChI is InChI=1S/C29H28Cl2N4O3S/c1-19-10-11-20(2)28(12-19)34(39(37,38)27-8-6-5-7-9-27)18-29(36)33-32-17-23-13-21(3)35(22(23)4)26-15-24(30)14-25(31)16-26/h5-17H,18H2,1-4H3,(H,33,36)/b32-17-. The Kier molecular flexibility index (Phi) is 8.49. The van der Waals surface area contributed by atoms with Crippen LogP contribution in [0.25, 0.3) is 5.69 Å². The van der Waals surface area contributed by atoms with E-state index in [-0.39, 0.29) is 4.90 Å². The summed E-state index contributed by atoms with van der Waals surface area (Å²) in [5.74, 6) is -0.581. The minimum absolute atomic E-state index is 0.0933. The summed E-state index contributed by atoms with van der Waals surface area (Å²) in [7, 11) is -4.02. The fourth-order valence-corrected chi connectivity index (χ4v) is 6.34. The highest BCUT2D eigenvalue weighted by Gasteiger charge is 2.28. The van der Waals surface area contributed by atoms with Gasteiger partial charge in [-0.1, -0.05) is 53.5 Å². The Balaban J connectivity index is 1.58. The molecular weight excluding hydrogens is 555 g/mol. The second-order valence-electron chi connectivity index (χ2n) is 9.20. The zero-order valence-corrected chi connectivity index (χ0v) is 24.3. The fourth-order valence-electron chi connectivity index (χ4n) is 4.33. The monoisotopic (exact) mass is 582 g/mol. The number of benzene rings is 3. The Bertz CT molecular complexity index is 1650. The molecule has 1 N–H and O–H groups in total. The first-order valence-electron chi connectivity index (χ1n) is 12.1. The number of aryl methyl sites for hydroxylation is 3. The smallest absolute Gasteiger partial charge is 0.264 e. The van der Waals surface area contributed by atoms with E-state index in [1.807, 2.05) is 55.7 Å².